The Balaban J connectivity index is 2.69. The number of rotatable bonds is 11. The average Bonchev–Trinajstić information content (AvgIpc) is 2.70. The maximum absolute atomic E-state index is 11.8. The summed E-state index contributed by atoms with van der Waals surface area (Å²) in [6, 6.07) is 8.19. The van der Waals surface area contributed by atoms with Gasteiger partial charge in [-0.05, 0) is 51.1 Å². The zero-order valence-corrected chi connectivity index (χ0v) is 18.5. The van der Waals surface area contributed by atoms with E-state index in [1.54, 1.807) is 7.05 Å². The Morgan fingerprint density at radius 3 is 2.43 bits per heavy atom. The fourth-order valence-corrected chi connectivity index (χ4v) is 3.43. The molecule has 28 heavy (non-hydrogen) atoms. The summed E-state index contributed by atoms with van der Waals surface area (Å²) in [6.45, 7) is 8.96. The predicted octanol–water partition coefficient (Wildman–Crippen LogP) is 2.51. The summed E-state index contributed by atoms with van der Waals surface area (Å²) in [5.74, 6) is 1.44. The SMILES string of the molecule is CCNC(=NCC(C(CC)CC)N(C)C)NCCc1cccc(C(=O)NC)c1. The molecule has 6 heteroatoms. The Kier molecular flexibility index (Phi) is 11.3. The Bertz CT molecular complexity index is 611. The molecule has 0 bridgehead atoms. The molecule has 0 saturated heterocycles. The first-order valence-electron chi connectivity index (χ1n) is 10.5. The van der Waals surface area contributed by atoms with Gasteiger partial charge >= 0.3 is 0 Å². The van der Waals surface area contributed by atoms with Crippen LogP contribution >= 0.6 is 0 Å². The second-order valence-corrected chi connectivity index (χ2v) is 7.28. The molecule has 1 unspecified atom stereocenters. The molecule has 0 aliphatic heterocycles. The van der Waals surface area contributed by atoms with E-state index >= 15 is 0 Å². The molecule has 0 fully saturated rings. The number of hydrogen-bond acceptors (Lipinski definition) is 3. The normalized spacial score (nSPS) is 12.9. The van der Waals surface area contributed by atoms with Crippen molar-refractivity contribution in [3.05, 3.63) is 35.4 Å². The average molecular weight is 390 g/mol. The number of nitrogens with one attached hydrogen (secondary N) is 3. The quantitative estimate of drug-likeness (QED) is 0.402. The van der Waals surface area contributed by atoms with E-state index in [1.807, 2.05) is 24.3 Å². The van der Waals surface area contributed by atoms with E-state index in [2.05, 4.69) is 55.7 Å². The standard InChI is InChI=1S/C22H39N5O/c1-7-18(8-2)20(27(5)6)16-26-22(24-9-3)25-14-13-17-11-10-12-19(15-17)21(28)23-4/h10-12,15,18,20H,7-9,13-14,16H2,1-6H3,(H,23,28)(H2,24,25,26). The number of guanidine groups is 1. The summed E-state index contributed by atoms with van der Waals surface area (Å²) < 4.78 is 0. The Morgan fingerprint density at radius 2 is 1.86 bits per heavy atom. The molecule has 158 valence electrons. The van der Waals surface area contributed by atoms with Crippen molar-refractivity contribution in [1.29, 1.82) is 0 Å². The van der Waals surface area contributed by atoms with Crippen LogP contribution < -0.4 is 16.0 Å². The molecular weight excluding hydrogens is 350 g/mol. The molecule has 0 spiro atoms. The molecule has 0 radical (unpaired) electrons. The molecule has 6 nitrogen and oxygen atoms in total. The van der Waals surface area contributed by atoms with Crippen molar-refractivity contribution in [1.82, 2.24) is 20.9 Å². The van der Waals surface area contributed by atoms with Gasteiger partial charge in [0.1, 0.15) is 0 Å². The fraction of sp³-hybridized carbons (Fsp3) is 0.636. The lowest BCUT2D eigenvalue weighted by Crippen LogP contribution is -2.42. The van der Waals surface area contributed by atoms with Crippen LogP contribution in [0.15, 0.2) is 29.3 Å². The molecule has 0 heterocycles. The van der Waals surface area contributed by atoms with E-state index in [0.29, 0.717) is 17.5 Å². The third-order valence-corrected chi connectivity index (χ3v) is 5.16. The highest BCUT2D eigenvalue weighted by atomic mass is 16.1. The number of benzene rings is 1. The smallest absolute Gasteiger partial charge is 0.251 e. The van der Waals surface area contributed by atoms with Crippen LogP contribution in [0.25, 0.3) is 0 Å². The van der Waals surface area contributed by atoms with Crippen molar-refractivity contribution in [2.45, 2.75) is 46.1 Å². The van der Waals surface area contributed by atoms with E-state index in [0.717, 1.165) is 37.6 Å². The molecule has 0 saturated carbocycles. The lowest BCUT2D eigenvalue weighted by atomic mass is 9.93. The maximum Gasteiger partial charge on any atom is 0.251 e. The van der Waals surface area contributed by atoms with Crippen LogP contribution in [0.4, 0.5) is 0 Å². The van der Waals surface area contributed by atoms with Crippen LogP contribution in [-0.2, 0) is 6.42 Å². The third kappa shape index (κ3) is 7.89. The van der Waals surface area contributed by atoms with E-state index < -0.39 is 0 Å². The first-order chi connectivity index (χ1) is 13.5. The number of likely N-dealkylation sites (N-methyl/N-ethyl adjacent to an activating group) is 1. The van der Waals surface area contributed by atoms with Gasteiger partial charge in [0.05, 0.1) is 6.54 Å². The van der Waals surface area contributed by atoms with E-state index in [1.165, 1.54) is 12.8 Å². The summed E-state index contributed by atoms with van der Waals surface area (Å²) in [4.78, 5) is 18.9. The number of carbonyl (C=O) groups excluding carboxylic acids is 1. The highest BCUT2D eigenvalue weighted by molar-refractivity contribution is 5.94. The summed E-state index contributed by atoms with van der Waals surface area (Å²) >= 11 is 0. The van der Waals surface area contributed by atoms with Crippen LogP contribution in [0, 0.1) is 5.92 Å². The molecule has 1 aromatic rings. The highest BCUT2D eigenvalue weighted by Crippen LogP contribution is 2.17. The van der Waals surface area contributed by atoms with Crippen LogP contribution in [0.1, 0.15) is 49.5 Å². The van der Waals surface area contributed by atoms with Gasteiger partial charge in [-0.1, -0.05) is 38.8 Å². The van der Waals surface area contributed by atoms with Gasteiger partial charge in [0, 0.05) is 31.7 Å². The second-order valence-electron chi connectivity index (χ2n) is 7.28. The zero-order valence-electron chi connectivity index (χ0n) is 18.5. The van der Waals surface area contributed by atoms with Gasteiger partial charge < -0.3 is 20.9 Å². The lowest BCUT2D eigenvalue weighted by Gasteiger charge is -2.30. The largest absolute Gasteiger partial charge is 0.357 e. The van der Waals surface area contributed by atoms with E-state index in [9.17, 15) is 4.79 Å². The minimum absolute atomic E-state index is 0.0548. The van der Waals surface area contributed by atoms with Crippen molar-refractivity contribution in [2.75, 3.05) is 40.8 Å². The van der Waals surface area contributed by atoms with Gasteiger partial charge in [0.2, 0.25) is 0 Å². The number of hydrogen-bond donors (Lipinski definition) is 3. The van der Waals surface area contributed by atoms with Gasteiger partial charge in [-0.25, -0.2) is 0 Å². The molecule has 1 rings (SSSR count). The number of nitrogens with zero attached hydrogens (tertiary/aromatic N) is 2. The van der Waals surface area contributed by atoms with Crippen LogP contribution in [0.2, 0.25) is 0 Å². The number of aliphatic imine (C=N–C) groups is 1. The van der Waals surface area contributed by atoms with Gasteiger partial charge in [-0.3, -0.25) is 9.79 Å². The molecule has 3 N–H and O–H groups in total. The van der Waals surface area contributed by atoms with Crippen LogP contribution in [-0.4, -0.2) is 63.6 Å². The van der Waals surface area contributed by atoms with Gasteiger partial charge in [0.25, 0.3) is 5.91 Å². The summed E-state index contributed by atoms with van der Waals surface area (Å²) in [5, 5.41) is 9.42. The van der Waals surface area contributed by atoms with Gasteiger partial charge in [0.15, 0.2) is 5.96 Å². The molecule has 1 atom stereocenters. The molecule has 0 aliphatic rings. The first kappa shape index (κ1) is 24.0. The van der Waals surface area contributed by atoms with Crippen molar-refractivity contribution in [2.24, 2.45) is 10.9 Å². The Hall–Kier alpha value is -2.08. The fourth-order valence-electron chi connectivity index (χ4n) is 3.43. The third-order valence-electron chi connectivity index (χ3n) is 5.16. The topological polar surface area (TPSA) is 68.8 Å². The monoisotopic (exact) mass is 389 g/mol. The summed E-state index contributed by atoms with van der Waals surface area (Å²) in [6.07, 6.45) is 3.17. The Labute approximate surface area is 171 Å². The predicted molar refractivity (Wildman–Crippen MR) is 119 cm³/mol. The molecular formula is C22H39N5O. The minimum atomic E-state index is -0.0548. The van der Waals surface area contributed by atoms with Crippen molar-refractivity contribution >= 4 is 11.9 Å². The zero-order chi connectivity index (χ0) is 20.9. The molecule has 1 amide bonds. The highest BCUT2D eigenvalue weighted by Gasteiger charge is 2.20. The molecule has 0 aliphatic carbocycles. The van der Waals surface area contributed by atoms with E-state index in [4.69, 9.17) is 4.99 Å². The summed E-state index contributed by atoms with van der Waals surface area (Å²) in [7, 11) is 5.93. The first-order valence-corrected chi connectivity index (χ1v) is 10.5. The second kappa shape index (κ2) is 13.2. The summed E-state index contributed by atoms with van der Waals surface area (Å²) in [5.41, 5.74) is 1.83. The van der Waals surface area contributed by atoms with Crippen molar-refractivity contribution < 1.29 is 4.79 Å². The number of carbonyl (C=O) groups is 1. The van der Waals surface area contributed by atoms with E-state index in [-0.39, 0.29) is 5.91 Å². The number of amides is 1. The van der Waals surface area contributed by atoms with Crippen molar-refractivity contribution in [3.8, 4) is 0 Å². The molecule has 1 aromatic carbocycles. The minimum Gasteiger partial charge on any atom is -0.357 e. The van der Waals surface area contributed by atoms with Crippen molar-refractivity contribution in [3.63, 3.8) is 0 Å². The maximum atomic E-state index is 11.8. The van der Waals surface area contributed by atoms with Crippen LogP contribution in [0.5, 0.6) is 0 Å². The van der Waals surface area contributed by atoms with Gasteiger partial charge in [-0.2, -0.15) is 0 Å². The van der Waals surface area contributed by atoms with Gasteiger partial charge in [-0.15, -0.1) is 0 Å². The Morgan fingerprint density at radius 1 is 1.14 bits per heavy atom. The van der Waals surface area contributed by atoms with Crippen LogP contribution in [0.3, 0.4) is 0 Å². The lowest BCUT2D eigenvalue weighted by molar-refractivity contribution is 0.0963. The molecule has 0 aromatic heterocycles.